The number of aromatic amines is 2. The van der Waals surface area contributed by atoms with Crippen molar-refractivity contribution in [3.8, 4) is 0 Å². The molecule has 15 N–H and O–H groups in total. The van der Waals surface area contributed by atoms with Crippen LogP contribution in [0.5, 0.6) is 0 Å². The zero-order chi connectivity index (χ0) is 45.7. The molecule has 0 radical (unpaired) electrons. The summed E-state index contributed by atoms with van der Waals surface area (Å²) in [6.45, 7) is 3.25. The van der Waals surface area contributed by atoms with E-state index in [1.165, 1.54) is 19.4 Å². The van der Waals surface area contributed by atoms with Gasteiger partial charge in [-0.3, -0.25) is 33.8 Å². The fraction of sp³-hybridized carbons (Fsp3) is 0.442. The smallest absolute Gasteiger partial charge is 0.243 e. The molecule has 0 fully saturated rings. The van der Waals surface area contributed by atoms with Gasteiger partial charge in [-0.25, -0.2) is 4.98 Å². The van der Waals surface area contributed by atoms with Crippen molar-refractivity contribution >= 4 is 52.3 Å². The predicted molar refractivity (Wildman–Crippen MR) is 237 cm³/mol. The Morgan fingerprint density at radius 2 is 1.27 bits per heavy atom. The molecule has 2 aromatic carbocycles. The second-order valence-electron chi connectivity index (χ2n) is 15.3. The van der Waals surface area contributed by atoms with Crippen LogP contribution in [0.2, 0.25) is 0 Å². The Bertz CT molecular complexity index is 2120. The summed E-state index contributed by atoms with van der Waals surface area (Å²) in [7, 11) is 0. The Morgan fingerprint density at radius 1 is 0.698 bits per heavy atom. The first-order valence-corrected chi connectivity index (χ1v) is 21.0. The minimum atomic E-state index is -1.28. The molecule has 6 amide bonds. The number of aromatic nitrogens is 3. The quantitative estimate of drug-likeness (QED) is 0.0207. The molecule has 0 aliphatic carbocycles. The van der Waals surface area contributed by atoms with Gasteiger partial charge in [-0.05, 0) is 62.8 Å². The number of hydrogen-bond acceptors (Lipinski definition) is 10. The maximum atomic E-state index is 14.4. The van der Waals surface area contributed by atoms with Crippen LogP contribution in [0.4, 0.5) is 0 Å². The van der Waals surface area contributed by atoms with Gasteiger partial charge >= 0.3 is 0 Å². The van der Waals surface area contributed by atoms with E-state index in [0.29, 0.717) is 17.7 Å². The Kier molecular flexibility index (Phi) is 19.6. The minimum absolute atomic E-state index is 0.00909. The van der Waals surface area contributed by atoms with Crippen LogP contribution in [0.3, 0.4) is 0 Å². The van der Waals surface area contributed by atoms with E-state index >= 15 is 0 Å². The van der Waals surface area contributed by atoms with E-state index in [1.54, 1.807) is 43.5 Å². The number of rotatable bonds is 26. The van der Waals surface area contributed by atoms with Gasteiger partial charge in [-0.15, -0.1) is 0 Å². The third kappa shape index (κ3) is 16.2. The predicted octanol–water partition coefficient (Wildman–Crippen LogP) is -0.958. The van der Waals surface area contributed by atoms with Crippen LogP contribution in [-0.2, 0) is 48.0 Å². The van der Waals surface area contributed by atoms with Crippen LogP contribution in [0.25, 0.3) is 10.9 Å². The van der Waals surface area contributed by atoms with Crippen molar-refractivity contribution in [1.82, 2.24) is 46.9 Å². The molecule has 0 saturated carbocycles. The highest BCUT2D eigenvalue weighted by molar-refractivity contribution is 5.97. The summed E-state index contributed by atoms with van der Waals surface area (Å²) in [4.78, 5) is 96.5. The summed E-state index contributed by atoms with van der Waals surface area (Å²) in [6, 6.07) is 10.2. The number of nitrogens with zero attached hydrogens (tertiary/aromatic N) is 2. The monoisotopic (exact) mass is 871 g/mol. The average molecular weight is 872 g/mol. The average Bonchev–Trinajstić information content (AvgIpc) is 3.92. The van der Waals surface area contributed by atoms with Crippen molar-refractivity contribution in [2.45, 2.75) is 101 Å². The van der Waals surface area contributed by atoms with Crippen LogP contribution in [0, 0.1) is 0 Å². The molecule has 0 unspecified atom stereocenters. The molecule has 0 bridgehead atoms. The molecule has 20 heteroatoms. The van der Waals surface area contributed by atoms with Gasteiger partial charge in [0.15, 0.2) is 5.96 Å². The second kappa shape index (κ2) is 25.2. The number of nitrogens with two attached hydrogens (primary N) is 3. The number of H-pyrrole nitrogens is 2. The van der Waals surface area contributed by atoms with E-state index in [0.717, 1.165) is 16.5 Å². The number of fused-ring (bicyclic) bond motifs is 1. The molecule has 2 aromatic heterocycles. The topological polar surface area (TPSA) is 330 Å². The summed E-state index contributed by atoms with van der Waals surface area (Å²) in [5.41, 5.74) is 19.6. The van der Waals surface area contributed by atoms with Gasteiger partial charge < -0.3 is 64.2 Å². The van der Waals surface area contributed by atoms with Crippen molar-refractivity contribution in [2.24, 2.45) is 22.2 Å². The molecule has 4 aromatic rings. The SMILES string of the molecule is CC(=O)N[C@@H](CCCN)C(=O)N[C@@H](Cc1cnc[nH]1)C(=O)N[C@H](Cc1ccccc1)C(=O)N[C@@H](CCCN=C(N)N)C(=O)N[C@@H](Cc1c[nH]c2ccccc12)C(=O)N[C@H](C)CCO. The van der Waals surface area contributed by atoms with Crippen LogP contribution < -0.4 is 49.1 Å². The largest absolute Gasteiger partial charge is 0.396 e. The van der Waals surface area contributed by atoms with Crippen molar-refractivity contribution in [1.29, 1.82) is 0 Å². The number of aliphatic hydroxyl groups is 1. The maximum Gasteiger partial charge on any atom is 0.243 e. The standard InChI is InChI=1S/C43H61N13O7/c1-26(16-19-57)51-40(61)36(21-29-23-49-32-13-7-6-12-31(29)32)55-39(60)34(15-9-18-48-43(45)46)53-41(62)35(20-28-10-4-3-5-11-28)54-42(63)37(22-30-24-47-25-50-30)56-38(59)33(14-8-17-44)52-27(2)58/h3-7,10-13,23-26,33-37,49,57H,8-9,14-22,44H2,1-2H3,(H,47,50)(H,51,61)(H,52,58)(H,53,62)(H,54,63)(H,55,60)(H,56,59)(H4,45,46,48)/t26-,33+,34+,35-,36+,37+/m1/s1. The molecule has 6 atom stereocenters. The molecule has 0 spiro atoms. The highest BCUT2D eigenvalue weighted by Gasteiger charge is 2.33. The summed E-state index contributed by atoms with van der Waals surface area (Å²) in [5, 5.41) is 27.0. The lowest BCUT2D eigenvalue weighted by Crippen LogP contribution is -2.60. The molecule has 63 heavy (non-hydrogen) atoms. The first kappa shape index (κ1) is 48.9. The fourth-order valence-electron chi connectivity index (χ4n) is 6.92. The van der Waals surface area contributed by atoms with E-state index in [2.05, 4.69) is 51.8 Å². The second-order valence-corrected chi connectivity index (χ2v) is 15.3. The lowest BCUT2D eigenvalue weighted by atomic mass is 10.0. The number of benzene rings is 2. The zero-order valence-electron chi connectivity index (χ0n) is 35.7. The lowest BCUT2D eigenvalue weighted by Gasteiger charge is -2.27. The summed E-state index contributed by atoms with van der Waals surface area (Å²) >= 11 is 0. The molecule has 4 rings (SSSR count). The number of hydrogen-bond donors (Lipinski definition) is 12. The van der Waals surface area contributed by atoms with Gasteiger partial charge in [-0.1, -0.05) is 48.5 Å². The number of nitrogens with one attached hydrogen (secondary N) is 8. The number of para-hydroxylation sites is 1. The summed E-state index contributed by atoms with van der Waals surface area (Å²) in [5.74, 6) is -3.86. The van der Waals surface area contributed by atoms with Crippen molar-refractivity contribution < 1.29 is 33.9 Å². The third-order valence-electron chi connectivity index (χ3n) is 10.2. The van der Waals surface area contributed by atoms with Crippen LogP contribution >= 0.6 is 0 Å². The number of carbonyl (C=O) groups excluding carboxylic acids is 6. The molecule has 0 saturated heterocycles. The Hall–Kier alpha value is -6.80. The number of aliphatic hydroxyl groups excluding tert-OH is 1. The zero-order valence-corrected chi connectivity index (χ0v) is 35.7. The van der Waals surface area contributed by atoms with Gasteiger partial charge in [0.1, 0.15) is 30.2 Å². The number of guanidine groups is 1. The van der Waals surface area contributed by atoms with E-state index in [9.17, 15) is 33.9 Å². The molecule has 0 aliphatic heterocycles. The van der Waals surface area contributed by atoms with Gasteiger partial charge in [0.2, 0.25) is 35.4 Å². The van der Waals surface area contributed by atoms with E-state index < -0.39 is 71.7 Å². The van der Waals surface area contributed by atoms with Gasteiger partial charge in [-0.2, -0.15) is 0 Å². The van der Waals surface area contributed by atoms with Crippen LogP contribution in [0.1, 0.15) is 62.8 Å². The fourth-order valence-corrected chi connectivity index (χ4v) is 6.92. The Balaban J connectivity index is 1.64. The van der Waals surface area contributed by atoms with E-state index in [-0.39, 0.29) is 70.6 Å². The first-order valence-electron chi connectivity index (χ1n) is 21.0. The molecule has 2 heterocycles. The van der Waals surface area contributed by atoms with E-state index in [1.807, 2.05) is 24.3 Å². The maximum absolute atomic E-state index is 14.4. The lowest BCUT2D eigenvalue weighted by molar-refractivity contribution is -0.135. The minimum Gasteiger partial charge on any atom is -0.396 e. The molecule has 20 nitrogen and oxygen atoms in total. The number of carbonyl (C=O) groups is 6. The van der Waals surface area contributed by atoms with Crippen LogP contribution in [0.15, 0.2) is 78.3 Å². The van der Waals surface area contributed by atoms with Crippen LogP contribution in [-0.4, -0.2) is 117 Å². The molecular formula is C43H61N13O7. The number of aliphatic imine (C=N–C) groups is 1. The Morgan fingerprint density at radius 3 is 1.89 bits per heavy atom. The van der Waals surface area contributed by atoms with Crippen molar-refractivity contribution in [3.05, 3.63) is 90.1 Å². The molecule has 0 aliphatic rings. The van der Waals surface area contributed by atoms with Gasteiger partial charge in [0.25, 0.3) is 0 Å². The summed E-state index contributed by atoms with van der Waals surface area (Å²) < 4.78 is 0. The van der Waals surface area contributed by atoms with Gasteiger partial charge in [0, 0.05) is 74.4 Å². The normalized spacial score (nSPS) is 13.9. The first-order chi connectivity index (χ1) is 30.3. The number of imidazole rings is 1. The molecule has 340 valence electrons. The Labute approximate surface area is 365 Å². The van der Waals surface area contributed by atoms with Crippen molar-refractivity contribution in [2.75, 3.05) is 19.7 Å². The summed E-state index contributed by atoms with van der Waals surface area (Å²) in [6.07, 6.45) is 5.92. The van der Waals surface area contributed by atoms with Crippen molar-refractivity contribution in [3.63, 3.8) is 0 Å². The molecular weight excluding hydrogens is 811 g/mol. The van der Waals surface area contributed by atoms with Gasteiger partial charge in [0.05, 0.1) is 6.33 Å². The highest BCUT2D eigenvalue weighted by Crippen LogP contribution is 2.20. The highest BCUT2D eigenvalue weighted by atomic mass is 16.3. The van der Waals surface area contributed by atoms with E-state index in [4.69, 9.17) is 17.2 Å². The number of amides is 6. The third-order valence-corrected chi connectivity index (χ3v) is 10.2.